The fourth-order valence-corrected chi connectivity index (χ4v) is 4.67. The molecule has 2 unspecified atom stereocenters. The van der Waals surface area contributed by atoms with Gasteiger partial charge in [-0.15, -0.1) is 0 Å². The van der Waals surface area contributed by atoms with Gasteiger partial charge in [0.2, 0.25) is 0 Å². The number of aromatic hydroxyl groups is 1. The number of nitrogens with zero attached hydrogens (tertiary/aromatic N) is 1. The Bertz CT molecular complexity index is 899. The average Bonchev–Trinajstić information content (AvgIpc) is 2.79. The number of aryl methyl sites for hydroxylation is 1. The highest BCUT2D eigenvalue weighted by molar-refractivity contribution is 6.32. The number of methoxy groups -OCH3 is 1. The Hall–Kier alpha value is -2.24. The maximum Gasteiger partial charge on any atom is 0.411 e. The Balaban J connectivity index is 1.81. The Morgan fingerprint density at radius 2 is 2.00 bits per heavy atom. The summed E-state index contributed by atoms with van der Waals surface area (Å²) in [6.45, 7) is 0.965. The van der Waals surface area contributed by atoms with Crippen molar-refractivity contribution in [3.8, 4) is 5.75 Å². The van der Waals surface area contributed by atoms with E-state index < -0.39 is 6.09 Å². The number of likely N-dealkylation sites (N-methyl/N-ethyl adjacent to an activating group) is 1. The van der Waals surface area contributed by atoms with Crippen molar-refractivity contribution in [2.24, 2.45) is 0 Å². The molecule has 142 valence electrons. The normalized spacial score (nSPS) is 21.4. The van der Waals surface area contributed by atoms with E-state index in [1.165, 1.54) is 23.8 Å². The lowest BCUT2D eigenvalue weighted by Gasteiger charge is -2.38. The minimum Gasteiger partial charge on any atom is -0.506 e. The third kappa shape index (κ3) is 3.26. The SMILES string of the molecule is COC(=O)Nc1ccc2c(c1)CCC1C2c2cc(O)c(Cl)cc2CCN1C. The summed E-state index contributed by atoms with van der Waals surface area (Å²) < 4.78 is 4.69. The number of amides is 1. The minimum atomic E-state index is -0.470. The quantitative estimate of drug-likeness (QED) is 0.772. The lowest BCUT2D eigenvalue weighted by Crippen LogP contribution is -2.39. The summed E-state index contributed by atoms with van der Waals surface area (Å²) in [7, 11) is 3.53. The molecule has 27 heavy (non-hydrogen) atoms. The third-order valence-electron chi connectivity index (χ3n) is 5.85. The van der Waals surface area contributed by atoms with Crippen LogP contribution < -0.4 is 5.32 Å². The van der Waals surface area contributed by atoms with Crippen LogP contribution in [0, 0.1) is 0 Å². The topological polar surface area (TPSA) is 61.8 Å². The zero-order valence-corrected chi connectivity index (χ0v) is 16.2. The van der Waals surface area contributed by atoms with Crippen LogP contribution in [-0.2, 0) is 17.6 Å². The standard InChI is InChI=1S/C21H23ClN2O3/c1-24-8-7-13-10-17(22)19(25)11-16(13)20-15-5-4-14(23-21(26)27-2)9-12(15)3-6-18(20)24/h4-5,9-11,18,20,25H,3,6-8H2,1-2H3,(H,23,26). The lowest BCUT2D eigenvalue weighted by atomic mass is 9.74. The summed E-state index contributed by atoms with van der Waals surface area (Å²) >= 11 is 6.18. The van der Waals surface area contributed by atoms with E-state index in [0.29, 0.717) is 11.1 Å². The first-order valence-corrected chi connectivity index (χ1v) is 9.55. The molecule has 1 heterocycles. The van der Waals surface area contributed by atoms with E-state index in [9.17, 15) is 9.90 Å². The Kier molecular flexibility index (Phi) is 4.74. The first-order valence-electron chi connectivity index (χ1n) is 9.17. The van der Waals surface area contributed by atoms with Crippen LogP contribution in [-0.4, -0.2) is 42.8 Å². The molecule has 4 rings (SSSR count). The zero-order chi connectivity index (χ0) is 19.1. The first kappa shape index (κ1) is 18.1. The van der Waals surface area contributed by atoms with Gasteiger partial charge in [-0.2, -0.15) is 0 Å². The second-order valence-electron chi connectivity index (χ2n) is 7.35. The molecule has 0 fully saturated rings. The van der Waals surface area contributed by atoms with Gasteiger partial charge in [-0.3, -0.25) is 5.32 Å². The number of rotatable bonds is 1. The predicted molar refractivity (Wildman–Crippen MR) is 106 cm³/mol. The molecule has 6 heteroatoms. The molecule has 2 atom stereocenters. The summed E-state index contributed by atoms with van der Waals surface area (Å²) in [6, 6.07) is 10.2. The second kappa shape index (κ2) is 7.06. The van der Waals surface area contributed by atoms with Gasteiger partial charge in [-0.05, 0) is 72.8 Å². The van der Waals surface area contributed by atoms with Crippen LogP contribution in [0.2, 0.25) is 5.02 Å². The van der Waals surface area contributed by atoms with Gasteiger partial charge in [0.15, 0.2) is 0 Å². The monoisotopic (exact) mass is 386 g/mol. The van der Waals surface area contributed by atoms with E-state index in [0.717, 1.165) is 37.1 Å². The highest BCUT2D eigenvalue weighted by Crippen LogP contribution is 2.44. The van der Waals surface area contributed by atoms with Crippen LogP contribution in [0.25, 0.3) is 0 Å². The predicted octanol–water partition coefficient (Wildman–Crippen LogP) is 4.16. The number of fused-ring (bicyclic) bond motifs is 5. The van der Waals surface area contributed by atoms with Gasteiger partial charge in [-0.25, -0.2) is 4.79 Å². The molecule has 0 saturated heterocycles. The van der Waals surface area contributed by atoms with Gasteiger partial charge >= 0.3 is 6.09 Å². The van der Waals surface area contributed by atoms with Crippen molar-refractivity contribution in [3.63, 3.8) is 0 Å². The van der Waals surface area contributed by atoms with Crippen molar-refractivity contribution >= 4 is 23.4 Å². The number of phenols is 1. The highest BCUT2D eigenvalue weighted by Gasteiger charge is 2.37. The molecule has 2 aliphatic rings. The molecule has 5 nitrogen and oxygen atoms in total. The van der Waals surface area contributed by atoms with Crippen molar-refractivity contribution in [2.75, 3.05) is 26.0 Å². The molecular formula is C21H23ClN2O3. The number of phenolic OH excluding ortho intramolecular Hbond substituents is 1. The Morgan fingerprint density at radius 3 is 2.78 bits per heavy atom. The summed E-state index contributed by atoms with van der Waals surface area (Å²) in [4.78, 5) is 13.9. The number of anilines is 1. The molecule has 1 amide bonds. The smallest absolute Gasteiger partial charge is 0.411 e. The summed E-state index contributed by atoms with van der Waals surface area (Å²) in [5.41, 5.74) is 5.56. The van der Waals surface area contributed by atoms with Crippen molar-refractivity contribution in [1.29, 1.82) is 0 Å². The number of benzene rings is 2. The molecule has 2 aromatic carbocycles. The van der Waals surface area contributed by atoms with E-state index in [1.807, 2.05) is 24.3 Å². The van der Waals surface area contributed by atoms with Crippen LogP contribution in [0.15, 0.2) is 30.3 Å². The lowest BCUT2D eigenvalue weighted by molar-refractivity contribution is 0.187. The van der Waals surface area contributed by atoms with Gasteiger partial charge in [0.1, 0.15) is 5.75 Å². The van der Waals surface area contributed by atoms with Crippen molar-refractivity contribution < 1.29 is 14.6 Å². The molecule has 2 aromatic rings. The van der Waals surface area contributed by atoms with E-state index in [1.54, 1.807) is 0 Å². The van der Waals surface area contributed by atoms with Crippen LogP contribution in [0.5, 0.6) is 5.75 Å². The fraction of sp³-hybridized carbons (Fsp3) is 0.381. The molecule has 0 spiro atoms. The molecule has 0 aromatic heterocycles. The fourth-order valence-electron chi connectivity index (χ4n) is 4.49. The molecule has 0 saturated carbocycles. The van der Waals surface area contributed by atoms with Crippen LogP contribution in [0.3, 0.4) is 0 Å². The maximum absolute atomic E-state index is 11.5. The molecule has 0 radical (unpaired) electrons. The molecule has 0 bridgehead atoms. The van der Waals surface area contributed by atoms with Crippen molar-refractivity contribution in [1.82, 2.24) is 4.90 Å². The first-order chi connectivity index (χ1) is 13.0. The Morgan fingerprint density at radius 1 is 1.22 bits per heavy atom. The number of halogens is 1. The van der Waals surface area contributed by atoms with E-state index in [4.69, 9.17) is 11.6 Å². The number of nitrogens with one attached hydrogen (secondary N) is 1. The Labute approximate surface area is 163 Å². The van der Waals surface area contributed by atoms with E-state index in [2.05, 4.69) is 28.1 Å². The minimum absolute atomic E-state index is 0.134. The summed E-state index contributed by atoms with van der Waals surface area (Å²) in [5, 5.41) is 13.4. The number of carbonyl (C=O) groups excluding carboxylic acids is 1. The van der Waals surface area contributed by atoms with Gasteiger partial charge in [0.25, 0.3) is 0 Å². The second-order valence-corrected chi connectivity index (χ2v) is 7.75. The van der Waals surface area contributed by atoms with Crippen LogP contribution in [0.1, 0.15) is 34.6 Å². The summed E-state index contributed by atoms with van der Waals surface area (Å²) in [6.07, 6.45) is 2.42. The van der Waals surface area contributed by atoms with E-state index in [-0.39, 0.29) is 11.7 Å². The third-order valence-corrected chi connectivity index (χ3v) is 6.15. The number of hydrogen-bond donors (Lipinski definition) is 2. The molecule has 1 aliphatic carbocycles. The summed E-state index contributed by atoms with van der Waals surface area (Å²) in [5.74, 6) is 0.307. The van der Waals surface area contributed by atoms with Crippen LogP contribution >= 0.6 is 11.6 Å². The molecule has 2 N–H and O–H groups in total. The van der Waals surface area contributed by atoms with Gasteiger partial charge in [-0.1, -0.05) is 17.7 Å². The van der Waals surface area contributed by atoms with Crippen molar-refractivity contribution in [3.05, 3.63) is 57.6 Å². The largest absolute Gasteiger partial charge is 0.506 e. The zero-order valence-electron chi connectivity index (χ0n) is 15.5. The van der Waals surface area contributed by atoms with Gasteiger partial charge in [0, 0.05) is 24.2 Å². The number of carbonyl (C=O) groups is 1. The van der Waals surface area contributed by atoms with Gasteiger partial charge in [0.05, 0.1) is 12.1 Å². The maximum atomic E-state index is 11.5. The van der Waals surface area contributed by atoms with E-state index >= 15 is 0 Å². The average molecular weight is 387 g/mol. The van der Waals surface area contributed by atoms with Crippen molar-refractivity contribution in [2.45, 2.75) is 31.2 Å². The van der Waals surface area contributed by atoms with Gasteiger partial charge < -0.3 is 14.7 Å². The highest BCUT2D eigenvalue weighted by atomic mass is 35.5. The number of hydrogen-bond acceptors (Lipinski definition) is 4. The van der Waals surface area contributed by atoms with Crippen LogP contribution in [0.4, 0.5) is 10.5 Å². The number of ether oxygens (including phenoxy) is 1. The molecular weight excluding hydrogens is 364 g/mol. The molecule has 1 aliphatic heterocycles.